The first kappa shape index (κ1) is 35.0. The van der Waals surface area contributed by atoms with Crippen LogP contribution in [0.5, 0.6) is 0 Å². The van der Waals surface area contributed by atoms with Gasteiger partial charge in [0, 0.05) is 22.7 Å². The lowest BCUT2D eigenvalue weighted by molar-refractivity contribution is 0.752. The van der Waals surface area contributed by atoms with Gasteiger partial charge in [-0.2, -0.15) is 0 Å². The van der Waals surface area contributed by atoms with Gasteiger partial charge in [-0.05, 0) is 127 Å². The first-order chi connectivity index (χ1) is 30.3. The predicted molar refractivity (Wildman–Crippen MR) is 255 cm³/mol. The Morgan fingerprint density at radius 1 is 0.311 bits per heavy atom. The molecule has 0 amide bonds. The summed E-state index contributed by atoms with van der Waals surface area (Å²) in [4.78, 5) is 4.83. The first-order valence-electron chi connectivity index (χ1n) is 21.1. The zero-order valence-electron chi connectivity index (χ0n) is 33.5. The largest absolute Gasteiger partial charge is 0.310 e. The number of para-hydroxylation sites is 4. The SMILES string of the molecule is c1ccc(N(c2ccc(-c3ccc(-c4cccc5ccccc45)cc3)cc2)c2ccc3c(c2)-c2ccccc2C32c3ccccc3N(c3ccccc3)c3ccccc32)cc1. The predicted octanol–water partition coefficient (Wildman–Crippen LogP) is 15.8. The van der Waals surface area contributed by atoms with Gasteiger partial charge in [0.05, 0.1) is 16.8 Å². The zero-order chi connectivity index (χ0) is 40.3. The van der Waals surface area contributed by atoms with Crippen LogP contribution in [-0.2, 0) is 5.41 Å². The number of anilines is 6. The lowest BCUT2D eigenvalue weighted by Gasteiger charge is -2.45. The van der Waals surface area contributed by atoms with Gasteiger partial charge in [-0.1, -0.05) is 182 Å². The van der Waals surface area contributed by atoms with E-state index in [1.54, 1.807) is 0 Å². The minimum absolute atomic E-state index is 0.495. The van der Waals surface area contributed by atoms with Gasteiger partial charge >= 0.3 is 0 Å². The molecule has 12 rings (SSSR count). The van der Waals surface area contributed by atoms with E-state index < -0.39 is 5.41 Å². The Balaban J connectivity index is 0.972. The Morgan fingerprint density at radius 3 is 1.52 bits per heavy atom. The molecule has 286 valence electrons. The molecule has 0 aromatic heterocycles. The van der Waals surface area contributed by atoms with Crippen LogP contribution in [0, 0.1) is 0 Å². The van der Waals surface area contributed by atoms with Crippen molar-refractivity contribution in [1.82, 2.24) is 0 Å². The van der Waals surface area contributed by atoms with Crippen molar-refractivity contribution in [3.63, 3.8) is 0 Å². The van der Waals surface area contributed by atoms with Crippen LogP contribution in [0.1, 0.15) is 22.3 Å². The van der Waals surface area contributed by atoms with E-state index in [2.05, 4.69) is 252 Å². The summed E-state index contributed by atoms with van der Waals surface area (Å²) in [5.74, 6) is 0. The standard InChI is InChI=1S/C59H40N2/c1-3-18-45(19-4-1)60(47-36-34-42(35-37-47)41-30-32-44(33-31-41)50-24-15-17-43-16-7-8-22-49(43)50)48-38-39-54-52(40-48)51-23-9-10-25-53(51)59(54)55-26-11-13-28-57(55)61(46-20-5-2-6-21-46)58-29-14-12-27-56(58)59/h1-40H. The van der Waals surface area contributed by atoms with E-state index in [0.29, 0.717) is 0 Å². The molecule has 0 unspecified atom stereocenters. The number of hydrogen-bond donors (Lipinski definition) is 0. The molecular weight excluding hydrogens is 737 g/mol. The average Bonchev–Trinajstić information content (AvgIpc) is 3.62. The molecule has 0 atom stereocenters. The zero-order valence-corrected chi connectivity index (χ0v) is 33.5. The number of fused-ring (bicyclic) bond motifs is 10. The van der Waals surface area contributed by atoms with Crippen LogP contribution in [0.25, 0.3) is 44.2 Å². The molecule has 0 fully saturated rings. The maximum absolute atomic E-state index is 2.44. The average molecular weight is 777 g/mol. The monoisotopic (exact) mass is 776 g/mol. The highest BCUT2D eigenvalue weighted by Gasteiger charge is 2.51. The molecule has 1 spiro atoms. The fourth-order valence-corrected chi connectivity index (χ4v) is 10.2. The van der Waals surface area contributed by atoms with Crippen LogP contribution in [0.2, 0.25) is 0 Å². The second-order valence-electron chi connectivity index (χ2n) is 16.1. The normalized spacial score (nSPS) is 13.0. The molecule has 0 N–H and O–H groups in total. The molecule has 1 aliphatic heterocycles. The molecule has 0 saturated heterocycles. The van der Waals surface area contributed by atoms with Crippen LogP contribution in [0.15, 0.2) is 243 Å². The van der Waals surface area contributed by atoms with Gasteiger partial charge in [-0.25, -0.2) is 0 Å². The summed E-state index contributed by atoms with van der Waals surface area (Å²) in [5, 5.41) is 2.53. The maximum atomic E-state index is 2.44. The lowest BCUT2D eigenvalue weighted by atomic mass is 9.64. The van der Waals surface area contributed by atoms with Gasteiger partial charge in [-0.3, -0.25) is 0 Å². The first-order valence-corrected chi connectivity index (χ1v) is 21.1. The second kappa shape index (κ2) is 14.1. The Bertz CT molecular complexity index is 3190. The van der Waals surface area contributed by atoms with Crippen molar-refractivity contribution in [3.05, 3.63) is 265 Å². The van der Waals surface area contributed by atoms with Crippen molar-refractivity contribution in [2.24, 2.45) is 0 Å². The Hall–Kier alpha value is -7.94. The lowest BCUT2D eigenvalue weighted by Crippen LogP contribution is -2.36. The summed E-state index contributed by atoms with van der Waals surface area (Å²) in [6.07, 6.45) is 0. The topological polar surface area (TPSA) is 6.48 Å². The van der Waals surface area contributed by atoms with E-state index in [4.69, 9.17) is 0 Å². The van der Waals surface area contributed by atoms with Crippen molar-refractivity contribution in [2.75, 3.05) is 9.80 Å². The molecule has 61 heavy (non-hydrogen) atoms. The third kappa shape index (κ3) is 5.43. The summed E-state index contributed by atoms with van der Waals surface area (Å²) in [6, 6.07) is 88.9. The van der Waals surface area contributed by atoms with Gasteiger partial charge in [0.25, 0.3) is 0 Å². The van der Waals surface area contributed by atoms with Gasteiger partial charge in [0.15, 0.2) is 0 Å². The summed E-state index contributed by atoms with van der Waals surface area (Å²) >= 11 is 0. The third-order valence-corrected chi connectivity index (χ3v) is 12.9. The smallest absolute Gasteiger partial charge is 0.0754 e. The fourth-order valence-electron chi connectivity index (χ4n) is 10.2. The number of rotatable bonds is 6. The van der Waals surface area contributed by atoms with Crippen LogP contribution in [-0.4, -0.2) is 0 Å². The van der Waals surface area contributed by atoms with E-state index in [0.717, 1.165) is 22.7 Å². The quantitative estimate of drug-likeness (QED) is 0.166. The maximum Gasteiger partial charge on any atom is 0.0754 e. The molecular formula is C59H40N2. The molecule has 0 bridgehead atoms. The third-order valence-electron chi connectivity index (χ3n) is 12.9. The van der Waals surface area contributed by atoms with Crippen molar-refractivity contribution in [3.8, 4) is 33.4 Å². The molecule has 1 aliphatic carbocycles. The van der Waals surface area contributed by atoms with E-state index in [9.17, 15) is 0 Å². The van der Waals surface area contributed by atoms with Gasteiger partial charge in [0.1, 0.15) is 0 Å². The van der Waals surface area contributed by atoms with Gasteiger partial charge < -0.3 is 9.80 Å². The molecule has 1 heterocycles. The summed E-state index contributed by atoms with van der Waals surface area (Å²) in [6.45, 7) is 0. The highest BCUT2D eigenvalue weighted by molar-refractivity contribution is 5.98. The summed E-state index contributed by atoms with van der Waals surface area (Å²) < 4.78 is 0. The van der Waals surface area contributed by atoms with Crippen LogP contribution < -0.4 is 9.80 Å². The Labute approximate surface area is 356 Å². The molecule has 0 saturated carbocycles. The van der Waals surface area contributed by atoms with E-state index in [1.807, 2.05) is 0 Å². The van der Waals surface area contributed by atoms with Crippen molar-refractivity contribution < 1.29 is 0 Å². The van der Waals surface area contributed by atoms with E-state index in [1.165, 1.54) is 77.8 Å². The molecule has 2 heteroatoms. The molecule has 10 aromatic rings. The summed E-state index contributed by atoms with van der Waals surface area (Å²) in [7, 11) is 0. The van der Waals surface area contributed by atoms with Gasteiger partial charge in [-0.15, -0.1) is 0 Å². The minimum atomic E-state index is -0.495. The van der Waals surface area contributed by atoms with Crippen LogP contribution in [0.4, 0.5) is 34.1 Å². The Kier molecular flexibility index (Phi) is 8.11. The van der Waals surface area contributed by atoms with Crippen molar-refractivity contribution in [2.45, 2.75) is 5.41 Å². The molecule has 0 radical (unpaired) electrons. The van der Waals surface area contributed by atoms with E-state index >= 15 is 0 Å². The van der Waals surface area contributed by atoms with Crippen LogP contribution >= 0.6 is 0 Å². The summed E-state index contributed by atoms with van der Waals surface area (Å²) in [5.41, 5.74) is 19.0. The second-order valence-corrected chi connectivity index (χ2v) is 16.1. The Morgan fingerprint density at radius 2 is 0.803 bits per heavy atom. The van der Waals surface area contributed by atoms with E-state index in [-0.39, 0.29) is 0 Å². The highest BCUT2D eigenvalue weighted by atomic mass is 15.2. The highest BCUT2D eigenvalue weighted by Crippen LogP contribution is 2.63. The van der Waals surface area contributed by atoms with Crippen molar-refractivity contribution in [1.29, 1.82) is 0 Å². The fraction of sp³-hybridized carbons (Fsp3) is 0.0169. The minimum Gasteiger partial charge on any atom is -0.310 e. The number of hydrogen-bond acceptors (Lipinski definition) is 2. The van der Waals surface area contributed by atoms with Crippen LogP contribution in [0.3, 0.4) is 0 Å². The molecule has 10 aromatic carbocycles. The molecule has 2 aliphatic rings. The van der Waals surface area contributed by atoms with Gasteiger partial charge in [0.2, 0.25) is 0 Å². The molecule has 2 nitrogen and oxygen atoms in total. The number of nitrogens with zero attached hydrogens (tertiary/aromatic N) is 2. The number of benzene rings is 10. The van der Waals surface area contributed by atoms with Crippen molar-refractivity contribution >= 4 is 44.9 Å².